The van der Waals surface area contributed by atoms with E-state index in [1.54, 1.807) is 17.2 Å². The molecule has 1 atom stereocenters. The summed E-state index contributed by atoms with van der Waals surface area (Å²) in [5.41, 5.74) is 9.58. The first-order valence-corrected chi connectivity index (χ1v) is 16.1. The molecule has 0 aliphatic carbocycles. The first-order chi connectivity index (χ1) is 23.1. The second-order valence-electron chi connectivity index (χ2n) is 11.7. The monoisotopic (exact) mass is 681 g/mol. The summed E-state index contributed by atoms with van der Waals surface area (Å²) in [5.74, 6) is -2.12. The van der Waals surface area contributed by atoms with Crippen LogP contribution in [0.4, 0.5) is 38.6 Å². The number of rotatable bonds is 6. The molecule has 2 aliphatic heterocycles. The number of aromatic nitrogens is 3. The van der Waals surface area contributed by atoms with Crippen LogP contribution in [0.15, 0.2) is 36.8 Å². The number of anilines is 3. The molecule has 5 heterocycles. The highest BCUT2D eigenvalue weighted by Gasteiger charge is 2.44. The minimum absolute atomic E-state index is 0.0467. The molecule has 0 saturated carbocycles. The van der Waals surface area contributed by atoms with Crippen molar-refractivity contribution in [2.45, 2.75) is 37.9 Å². The van der Waals surface area contributed by atoms with Crippen molar-refractivity contribution in [3.63, 3.8) is 0 Å². The molecule has 1 fully saturated rings. The molecule has 15 heteroatoms. The molecule has 48 heavy (non-hydrogen) atoms. The molecule has 1 saturated heterocycles. The number of pyridine rings is 1. The van der Waals surface area contributed by atoms with E-state index in [1.807, 2.05) is 12.1 Å². The number of nitriles is 1. The Morgan fingerprint density at radius 1 is 1.06 bits per heavy atom. The minimum Gasteiger partial charge on any atom is -0.490 e. The van der Waals surface area contributed by atoms with E-state index in [4.69, 9.17) is 20.9 Å². The van der Waals surface area contributed by atoms with Crippen molar-refractivity contribution < 1.29 is 31.4 Å². The van der Waals surface area contributed by atoms with Crippen LogP contribution in [0.25, 0.3) is 32.1 Å². The Bertz CT molecular complexity index is 2090. The van der Waals surface area contributed by atoms with Crippen LogP contribution in [0.3, 0.4) is 0 Å². The third-order valence-corrected chi connectivity index (χ3v) is 10.1. The molecular weight excluding hydrogens is 653 g/mol. The van der Waals surface area contributed by atoms with Crippen molar-refractivity contribution in [2.24, 2.45) is 5.92 Å². The molecule has 0 unspecified atom stereocenters. The number of ether oxygens (including phenoxy) is 2. The van der Waals surface area contributed by atoms with Gasteiger partial charge in [-0.25, -0.2) is 23.7 Å². The van der Waals surface area contributed by atoms with Crippen molar-refractivity contribution in [3.8, 4) is 22.9 Å². The maximum Gasteiger partial charge on any atom is 0.420 e. The van der Waals surface area contributed by atoms with E-state index >= 15 is 17.6 Å². The Morgan fingerprint density at radius 3 is 2.58 bits per heavy atom. The van der Waals surface area contributed by atoms with Gasteiger partial charge >= 0.3 is 6.18 Å². The highest BCUT2D eigenvalue weighted by molar-refractivity contribution is 7.23. The van der Waals surface area contributed by atoms with Gasteiger partial charge in [0.15, 0.2) is 5.82 Å². The van der Waals surface area contributed by atoms with Crippen LogP contribution in [0.2, 0.25) is 0 Å². The molecule has 4 N–H and O–H groups in total. The van der Waals surface area contributed by atoms with Crippen LogP contribution in [-0.2, 0) is 10.9 Å². The lowest BCUT2D eigenvalue weighted by Gasteiger charge is -2.34. The molecular formula is C33H28F5N7O2S. The highest BCUT2D eigenvalue weighted by atomic mass is 32.1. The molecule has 9 nitrogen and oxygen atoms in total. The van der Waals surface area contributed by atoms with Crippen LogP contribution < -0.4 is 21.1 Å². The number of thiophene rings is 1. The summed E-state index contributed by atoms with van der Waals surface area (Å²) in [6, 6.07) is 6.82. The van der Waals surface area contributed by atoms with Gasteiger partial charge in [0.05, 0.1) is 28.2 Å². The number of nitrogen functional groups attached to an aromatic ring is 2. The molecule has 2 aromatic carbocycles. The van der Waals surface area contributed by atoms with Gasteiger partial charge in [-0.2, -0.15) is 18.4 Å². The predicted molar refractivity (Wildman–Crippen MR) is 171 cm³/mol. The second-order valence-corrected chi connectivity index (χ2v) is 12.8. The van der Waals surface area contributed by atoms with E-state index in [0.717, 1.165) is 37.7 Å². The van der Waals surface area contributed by atoms with E-state index in [-0.39, 0.29) is 56.4 Å². The van der Waals surface area contributed by atoms with E-state index in [1.165, 1.54) is 0 Å². The fourth-order valence-corrected chi connectivity index (χ4v) is 7.84. The fourth-order valence-electron chi connectivity index (χ4n) is 6.89. The highest BCUT2D eigenvalue weighted by Crippen LogP contribution is 2.53. The number of alkyl halides is 3. The summed E-state index contributed by atoms with van der Waals surface area (Å²) in [6.07, 6.45) is 0.559. The SMILES string of the molecule is N#Cc1c(N)sc2c(F)ccc(-c3c(C(F)(F)F)c4c5c(ncnc5c3F)N([C@H](CCC3CCOCC3)c3cccnc3N)CCO4)c12. The summed E-state index contributed by atoms with van der Waals surface area (Å²) < 4.78 is 88.7. The molecule has 5 aromatic rings. The van der Waals surface area contributed by atoms with Gasteiger partial charge in [0.25, 0.3) is 0 Å². The first-order valence-electron chi connectivity index (χ1n) is 15.3. The quantitative estimate of drug-likeness (QED) is 0.176. The Labute approximate surface area is 274 Å². The number of nitrogens with zero attached hydrogens (tertiary/aromatic N) is 5. The van der Waals surface area contributed by atoms with Gasteiger partial charge < -0.3 is 25.8 Å². The summed E-state index contributed by atoms with van der Waals surface area (Å²) in [7, 11) is 0. The number of nitrogens with two attached hydrogens (primary N) is 2. The Morgan fingerprint density at radius 2 is 1.85 bits per heavy atom. The Balaban J connectivity index is 1.48. The average molecular weight is 682 g/mol. The van der Waals surface area contributed by atoms with E-state index < -0.39 is 46.2 Å². The lowest BCUT2D eigenvalue weighted by Crippen LogP contribution is -2.33. The second kappa shape index (κ2) is 12.3. The number of benzene rings is 2. The lowest BCUT2D eigenvalue weighted by atomic mass is 9.89. The van der Waals surface area contributed by atoms with E-state index in [9.17, 15) is 9.65 Å². The van der Waals surface area contributed by atoms with Crippen LogP contribution >= 0.6 is 11.3 Å². The smallest absolute Gasteiger partial charge is 0.420 e. The van der Waals surface area contributed by atoms with Gasteiger partial charge in [-0.05, 0) is 49.3 Å². The molecule has 7 rings (SSSR count). The van der Waals surface area contributed by atoms with Gasteiger partial charge in [0.2, 0.25) is 0 Å². The van der Waals surface area contributed by atoms with Crippen LogP contribution in [-0.4, -0.2) is 41.3 Å². The third kappa shape index (κ3) is 5.29. The van der Waals surface area contributed by atoms with Crippen molar-refractivity contribution in [2.75, 3.05) is 42.7 Å². The summed E-state index contributed by atoms with van der Waals surface area (Å²) >= 11 is 0.697. The van der Waals surface area contributed by atoms with Crippen molar-refractivity contribution >= 4 is 49.0 Å². The average Bonchev–Trinajstić information content (AvgIpc) is 3.30. The number of hydrogen-bond acceptors (Lipinski definition) is 10. The van der Waals surface area contributed by atoms with Gasteiger partial charge in [0.1, 0.15) is 58.3 Å². The molecule has 2 aliphatic rings. The maximum absolute atomic E-state index is 16.9. The summed E-state index contributed by atoms with van der Waals surface area (Å²) in [5, 5.41) is 9.22. The van der Waals surface area contributed by atoms with Gasteiger partial charge in [-0.3, -0.25) is 0 Å². The molecule has 0 amide bonds. The third-order valence-electron chi connectivity index (χ3n) is 9.09. The lowest BCUT2D eigenvalue weighted by molar-refractivity contribution is -0.138. The van der Waals surface area contributed by atoms with Gasteiger partial charge in [0, 0.05) is 35.9 Å². The number of halogens is 5. The first kappa shape index (κ1) is 31.8. The molecule has 3 aromatic heterocycles. The zero-order valence-electron chi connectivity index (χ0n) is 25.3. The van der Waals surface area contributed by atoms with Gasteiger partial charge in [-0.15, -0.1) is 11.3 Å². The Kier molecular flexibility index (Phi) is 8.16. The number of hydrogen-bond donors (Lipinski definition) is 2. The largest absolute Gasteiger partial charge is 0.490 e. The molecule has 248 valence electrons. The van der Waals surface area contributed by atoms with Crippen LogP contribution in [0.1, 0.15) is 48.4 Å². The van der Waals surface area contributed by atoms with Crippen LogP contribution in [0.5, 0.6) is 5.75 Å². The molecule has 0 bridgehead atoms. The van der Waals surface area contributed by atoms with E-state index in [0.29, 0.717) is 42.5 Å². The Hall–Kier alpha value is -4.81. The van der Waals surface area contributed by atoms with Crippen molar-refractivity contribution in [3.05, 3.63) is 65.1 Å². The zero-order valence-corrected chi connectivity index (χ0v) is 26.1. The number of fused-ring (bicyclic) bond motifs is 1. The minimum atomic E-state index is -5.16. The maximum atomic E-state index is 16.9. The standard InChI is InChI=1S/C33H28F5N7O2S/c34-20-5-4-18(22-19(14-39)31(41)48-29(20)22)23-25(33(36,37)38)28-24-27(26(23)35)43-15-44-32(24)45(10-13-47-28)21(17-2-1-9-42-30(17)40)6-3-16-7-11-46-12-8-16/h1-2,4-5,9,15-16,21H,3,6-8,10-13,41H2,(H2,40,42)/t21-/m1/s1. The molecule has 0 radical (unpaired) electrons. The topological polar surface area (TPSA) is 136 Å². The van der Waals surface area contributed by atoms with Crippen molar-refractivity contribution in [1.82, 2.24) is 15.0 Å². The molecule has 0 spiro atoms. The van der Waals surface area contributed by atoms with E-state index in [2.05, 4.69) is 15.0 Å². The zero-order chi connectivity index (χ0) is 33.7. The summed E-state index contributed by atoms with van der Waals surface area (Å²) in [6.45, 7) is 1.17. The predicted octanol–water partition coefficient (Wildman–Crippen LogP) is 7.39. The van der Waals surface area contributed by atoms with Gasteiger partial charge in [-0.1, -0.05) is 12.1 Å². The fraction of sp³-hybridized carbons (Fsp3) is 0.333. The van der Waals surface area contributed by atoms with Crippen molar-refractivity contribution in [1.29, 1.82) is 5.26 Å². The normalized spacial score (nSPS) is 16.1. The summed E-state index contributed by atoms with van der Waals surface area (Å²) in [4.78, 5) is 14.6. The van der Waals surface area contributed by atoms with Crippen LogP contribution in [0, 0.1) is 28.9 Å².